The Hall–Kier alpha value is -6.64. The van der Waals surface area contributed by atoms with Crippen molar-refractivity contribution in [1.82, 2.24) is 4.57 Å². The highest BCUT2D eigenvalue weighted by atomic mass is 15.1. The number of benzene rings is 8. The Morgan fingerprint density at radius 2 is 0.741 bits per heavy atom. The molecule has 0 N–H and O–H groups in total. The van der Waals surface area contributed by atoms with E-state index in [1.54, 1.807) is 27.8 Å². The summed E-state index contributed by atoms with van der Waals surface area (Å²) in [5, 5.41) is 2.50. The van der Waals surface area contributed by atoms with Crippen molar-refractivity contribution >= 4 is 38.9 Å². The van der Waals surface area contributed by atoms with E-state index in [1.807, 2.05) is 0 Å². The lowest BCUT2D eigenvalue weighted by atomic mass is 9.73. The van der Waals surface area contributed by atoms with Gasteiger partial charge in [0.1, 0.15) is 0 Å². The molecule has 8 aromatic carbocycles. The lowest BCUT2D eigenvalue weighted by Crippen LogP contribution is -2.15. The number of rotatable bonds is 7. The predicted octanol–water partition coefficient (Wildman–Crippen LogP) is 15.0. The SMILES string of the molecule is c1ccc(-c2ccc(N(c3ccc(-c4c5c(c(-c6ccccc6)c6c4CCCC6)CCCC5)cc3)c3ccc4c(c3)c3ccccc3n4-c3ccccc3)cc2)cc1. The quantitative estimate of drug-likeness (QED) is 0.158. The summed E-state index contributed by atoms with van der Waals surface area (Å²) in [7, 11) is 0. The second-order valence-corrected chi connectivity index (χ2v) is 16.1. The summed E-state index contributed by atoms with van der Waals surface area (Å²) in [5.41, 5.74) is 21.8. The van der Waals surface area contributed by atoms with Crippen molar-refractivity contribution in [3.63, 3.8) is 0 Å². The van der Waals surface area contributed by atoms with Crippen molar-refractivity contribution in [1.29, 1.82) is 0 Å². The molecule has 9 aromatic rings. The van der Waals surface area contributed by atoms with Crippen molar-refractivity contribution in [2.24, 2.45) is 0 Å². The molecule has 2 heteroatoms. The van der Waals surface area contributed by atoms with Gasteiger partial charge in [0.25, 0.3) is 0 Å². The van der Waals surface area contributed by atoms with Crippen LogP contribution in [0.3, 0.4) is 0 Å². The van der Waals surface area contributed by atoms with Gasteiger partial charge < -0.3 is 9.47 Å². The fourth-order valence-electron chi connectivity index (χ4n) is 10.2. The second kappa shape index (κ2) is 14.7. The van der Waals surface area contributed by atoms with Crippen LogP contribution in [-0.4, -0.2) is 4.57 Å². The van der Waals surface area contributed by atoms with Crippen molar-refractivity contribution in [3.05, 3.63) is 204 Å². The molecule has 1 aromatic heterocycles. The zero-order valence-electron chi connectivity index (χ0n) is 32.9. The van der Waals surface area contributed by atoms with E-state index in [-0.39, 0.29) is 0 Å². The van der Waals surface area contributed by atoms with Gasteiger partial charge in [0.2, 0.25) is 0 Å². The molecule has 0 spiro atoms. The lowest BCUT2D eigenvalue weighted by molar-refractivity contribution is 0.662. The fourth-order valence-corrected chi connectivity index (χ4v) is 10.2. The van der Waals surface area contributed by atoms with E-state index < -0.39 is 0 Å². The van der Waals surface area contributed by atoms with Gasteiger partial charge in [-0.3, -0.25) is 0 Å². The van der Waals surface area contributed by atoms with Crippen LogP contribution in [0.5, 0.6) is 0 Å². The molecule has 2 nitrogen and oxygen atoms in total. The number of para-hydroxylation sites is 2. The molecule has 0 saturated heterocycles. The van der Waals surface area contributed by atoms with Crippen LogP contribution < -0.4 is 4.90 Å². The van der Waals surface area contributed by atoms with E-state index in [9.17, 15) is 0 Å². The number of anilines is 3. The molecule has 11 rings (SSSR count). The summed E-state index contributed by atoms with van der Waals surface area (Å²) >= 11 is 0. The first-order valence-corrected chi connectivity index (χ1v) is 21.2. The van der Waals surface area contributed by atoms with Crippen LogP contribution in [0.25, 0.3) is 60.9 Å². The molecule has 1 heterocycles. The summed E-state index contributed by atoms with van der Waals surface area (Å²) in [6.45, 7) is 0. The molecule has 2 aliphatic rings. The highest BCUT2D eigenvalue weighted by Crippen LogP contribution is 2.47. The largest absolute Gasteiger partial charge is 0.310 e. The predicted molar refractivity (Wildman–Crippen MR) is 245 cm³/mol. The molecule has 0 fully saturated rings. The van der Waals surface area contributed by atoms with Crippen LogP contribution in [0, 0.1) is 0 Å². The Kier molecular flexibility index (Phi) is 8.77. The standard InChI is InChI=1S/C56H46N2/c1-4-16-39(17-5-1)40-28-32-44(33-29-40)57(46-36-37-54-52(38-46)47-22-14-15-27-53(47)58(54)43-20-8-3-9-21-43)45-34-30-42(31-35-45)56-50-25-12-10-23-48(50)55(41-18-6-2-7-19-41)49-24-11-13-26-51(49)56/h1-9,14-22,27-38H,10-13,23-26H2. The molecule has 2 aliphatic carbocycles. The maximum Gasteiger partial charge on any atom is 0.0542 e. The van der Waals surface area contributed by atoms with E-state index in [4.69, 9.17) is 0 Å². The molecule has 0 amide bonds. The summed E-state index contributed by atoms with van der Waals surface area (Å²) in [6.07, 6.45) is 9.75. The topological polar surface area (TPSA) is 8.17 Å². The molecular formula is C56H46N2. The van der Waals surface area contributed by atoms with Gasteiger partial charge in [-0.2, -0.15) is 0 Å². The van der Waals surface area contributed by atoms with Crippen LogP contribution in [0.4, 0.5) is 17.1 Å². The van der Waals surface area contributed by atoms with Gasteiger partial charge in [-0.15, -0.1) is 0 Å². The molecule has 0 aliphatic heterocycles. The Bertz CT molecular complexity index is 2870. The number of nitrogens with zero attached hydrogens (tertiary/aromatic N) is 2. The van der Waals surface area contributed by atoms with Gasteiger partial charge >= 0.3 is 0 Å². The molecule has 0 unspecified atom stereocenters. The van der Waals surface area contributed by atoms with Crippen LogP contribution in [0.2, 0.25) is 0 Å². The van der Waals surface area contributed by atoms with Crippen LogP contribution >= 0.6 is 0 Å². The monoisotopic (exact) mass is 746 g/mol. The Morgan fingerprint density at radius 3 is 1.31 bits per heavy atom. The Balaban J connectivity index is 1.07. The first kappa shape index (κ1) is 34.6. The van der Waals surface area contributed by atoms with Crippen LogP contribution in [-0.2, 0) is 25.7 Å². The minimum absolute atomic E-state index is 1.14. The zero-order chi connectivity index (χ0) is 38.4. The van der Waals surface area contributed by atoms with E-state index in [1.165, 1.54) is 93.8 Å². The number of fused-ring (bicyclic) bond motifs is 5. The third-order valence-electron chi connectivity index (χ3n) is 12.8. The van der Waals surface area contributed by atoms with Gasteiger partial charge in [-0.1, -0.05) is 121 Å². The summed E-state index contributed by atoms with van der Waals surface area (Å²) in [5.74, 6) is 0. The van der Waals surface area contributed by atoms with Crippen molar-refractivity contribution in [2.45, 2.75) is 51.4 Å². The van der Waals surface area contributed by atoms with E-state index in [0.29, 0.717) is 0 Å². The third kappa shape index (κ3) is 5.94. The van der Waals surface area contributed by atoms with Gasteiger partial charge in [0.05, 0.1) is 11.0 Å². The van der Waals surface area contributed by atoms with Crippen LogP contribution in [0.15, 0.2) is 182 Å². The smallest absolute Gasteiger partial charge is 0.0542 e. The number of aromatic nitrogens is 1. The zero-order valence-corrected chi connectivity index (χ0v) is 32.9. The van der Waals surface area contributed by atoms with Crippen molar-refractivity contribution in [3.8, 4) is 39.1 Å². The number of hydrogen-bond donors (Lipinski definition) is 0. The van der Waals surface area contributed by atoms with Gasteiger partial charge in [-0.25, -0.2) is 0 Å². The van der Waals surface area contributed by atoms with Crippen molar-refractivity contribution in [2.75, 3.05) is 4.90 Å². The molecule has 0 radical (unpaired) electrons. The molecule has 0 saturated carbocycles. The average molecular weight is 747 g/mol. The van der Waals surface area contributed by atoms with Crippen molar-refractivity contribution < 1.29 is 0 Å². The minimum Gasteiger partial charge on any atom is -0.310 e. The Labute approximate surface area is 341 Å². The third-order valence-corrected chi connectivity index (χ3v) is 12.8. The van der Waals surface area contributed by atoms with Gasteiger partial charge in [0, 0.05) is 33.5 Å². The van der Waals surface area contributed by atoms with Gasteiger partial charge in [0.15, 0.2) is 0 Å². The second-order valence-electron chi connectivity index (χ2n) is 16.1. The molecular weight excluding hydrogens is 701 g/mol. The lowest BCUT2D eigenvalue weighted by Gasteiger charge is -2.32. The highest BCUT2D eigenvalue weighted by molar-refractivity contribution is 6.10. The molecule has 58 heavy (non-hydrogen) atoms. The molecule has 0 atom stereocenters. The van der Waals surface area contributed by atoms with Crippen LogP contribution in [0.1, 0.15) is 47.9 Å². The van der Waals surface area contributed by atoms with Gasteiger partial charge in [-0.05, 0) is 168 Å². The fraction of sp³-hybridized carbons (Fsp3) is 0.143. The molecule has 280 valence electrons. The first-order valence-electron chi connectivity index (χ1n) is 21.2. The molecule has 0 bridgehead atoms. The normalized spacial score (nSPS) is 13.7. The Morgan fingerprint density at radius 1 is 0.328 bits per heavy atom. The first-order chi connectivity index (χ1) is 28.8. The summed E-state index contributed by atoms with van der Waals surface area (Å²) in [4.78, 5) is 2.44. The van der Waals surface area contributed by atoms with E-state index >= 15 is 0 Å². The minimum atomic E-state index is 1.14. The van der Waals surface area contributed by atoms with E-state index in [2.05, 4.69) is 191 Å². The number of hydrogen-bond acceptors (Lipinski definition) is 1. The highest BCUT2D eigenvalue weighted by Gasteiger charge is 2.28. The maximum absolute atomic E-state index is 2.44. The van der Waals surface area contributed by atoms with E-state index in [0.717, 1.165) is 29.9 Å². The summed E-state index contributed by atoms with van der Waals surface area (Å²) < 4.78 is 2.40. The maximum atomic E-state index is 2.44. The average Bonchev–Trinajstić information content (AvgIpc) is 3.63. The summed E-state index contributed by atoms with van der Waals surface area (Å²) in [6, 6.07) is 67.1.